The second-order valence-electron chi connectivity index (χ2n) is 16.3. The minimum atomic E-state index is 1.23. The SMILES string of the molecule is c1ccc2c(c1)-c1ccc3c4c(-n5c6ccccc6c6ccccc65)cc5c6c(ccc(c7c(-n8c9ccccc9c9ccccc98)cc-2c1c37)c64)-c1ccccc1-5. The Kier molecular flexibility index (Phi) is 5.20. The Morgan fingerprint density at radius 3 is 0.879 bits per heavy atom. The normalized spacial score (nSPS) is 12.8. The minimum Gasteiger partial charge on any atom is -0.309 e. The van der Waals surface area contributed by atoms with Crippen molar-refractivity contribution in [3.63, 3.8) is 0 Å². The molecular weight excluding hydrogens is 701 g/mol. The monoisotopic (exact) mass is 730 g/mol. The molecule has 0 N–H and O–H groups in total. The van der Waals surface area contributed by atoms with E-state index in [9.17, 15) is 0 Å². The molecule has 0 aliphatic heterocycles. The number of hydrogen-bond donors (Lipinski definition) is 0. The molecule has 2 heterocycles. The molecule has 0 unspecified atom stereocenters. The molecule has 0 atom stereocenters. The van der Waals surface area contributed by atoms with Crippen molar-refractivity contribution in [3.8, 4) is 55.9 Å². The summed E-state index contributed by atoms with van der Waals surface area (Å²) in [4.78, 5) is 0. The first kappa shape index (κ1) is 29.6. The van der Waals surface area contributed by atoms with Crippen LogP contribution in [0.4, 0.5) is 0 Å². The molecule has 0 radical (unpaired) electrons. The molecule has 0 fully saturated rings. The first-order chi connectivity index (χ1) is 28.8. The average Bonchev–Trinajstić information content (AvgIpc) is 4.01. The lowest BCUT2D eigenvalue weighted by Gasteiger charge is -2.23. The van der Waals surface area contributed by atoms with Crippen molar-refractivity contribution in [2.75, 3.05) is 0 Å². The van der Waals surface area contributed by atoms with Crippen LogP contribution >= 0.6 is 0 Å². The third-order valence-corrected chi connectivity index (χ3v) is 13.7. The van der Waals surface area contributed by atoms with Gasteiger partial charge in [-0.1, -0.05) is 146 Å². The van der Waals surface area contributed by atoms with Crippen LogP contribution in [0.3, 0.4) is 0 Å². The number of benzene rings is 11. The van der Waals surface area contributed by atoms with Crippen molar-refractivity contribution in [1.29, 1.82) is 0 Å². The van der Waals surface area contributed by atoms with E-state index in [0.717, 1.165) is 0 Å². The standard InChI is InChI=1S/C56H30N2/c1-3-15-33-31(13-1)39-25-27-41-54-50(58-47-23-11-7-19-37(47)38-20-8-12-24-48(38)58)30-44-34-16-4-2-14-32(34)40-26-28-42(56(54)52(40)44)53-49(29-43(33)51(39)55(41)53)57-45-21-9-5-17-35(45)36-18-6-10-22-46(36)57/h1-30H. The lowest BCUT2D eigenvalue weighted by molar-refractivity contribution is 1.20. The zero-order valence-corrected chi connectivity index (χ0v) is 31.2. The molecule has 0 saturated heterocycles. The molecule has 264 valence electrons. The third kappa shape index (κ3) is 3.33. The smallest absolute Gasteiger partial charge is 0.0553 e. The van der Waals surface area contributed by atoms with Crippen LogP contribution in [0, 0.1) is 0 Å². The summed E-state index contributed by atoms with van der Waals surface area (Å²) in [6.45, 7) is 0. The number of rotatable bonds is 2. The lowest BCUT2D eigenvalue weighted by Crippen LogP contribution is -2.01. The van der Waals surface area contributed by atoms with Crippen molar-refractivity contribution in [2.45, 2.75) is 0 Å². The van der Waals surface area contributed by atoms with Crippen molar-refractivity contribution >= 4 is 86.7 Å². The highest BCUT2D eigenvalue weighted by Gasteiger charge is 2.32. The fourth-order valence-electron chi connectivity index (χ4n) is 11.6. The van der Waals surface area contributed by atoms with Crippen LogP contribution in [0.25, 0.3) is 143 Å². The van der Waals surface area contributed by atoms with E-state index in [2.05, 4.69) is 191 Å². The first-order valence-corrected chi connectivity index (χ1v) is 20.3. The Bertz CT molecular complexity index is 3650. The highest BCUT2D eigenvalue weighted by atomic mass is 15.0. The summed E-state index contributed by atoms with van der Waals surface area (Å²) in [5.74, 6) is 0. The van der Waals surface area contributed by atoms with E-state index < -0.39 is 0 Å². The molecule has 0 bridgehead atoms. The molecule has 11 aromatic carbocycles. The quantitative estimate of drug-likeness (QED) is 0.124. The average molecular weight is 731 g/mol. The summed E-state index contributed by atoms with van der Waals surface area (Å²) >= 11 is 0. The van der Waals surface area contributed by atoms with Crippen molar-refractivity contribution in [3.05, 3.63) is 182 Å². The van der Waals surface area contributed by atoms with E-state index in [-0.39, 0.29) is 0 Å². The summed E-state index contributed by atoms with van der Waals surface area (Å²) in [5.41, 5.74) is 17.9. The number of nitrogens with zero attached hydrogens (tertiary/aromatic N) is 2. The molecule has 2 heteroatoms. The van der Waals surface area contributed by atoms with E-state index in [1.165, 1.54) is 143 Å². The highest BCUT2D eigenvalue weighted by molar-refractivity contribution is 6.43. The van der Waals surface area contributed by atoms with Gasteiger partial charge in [-0.2, -0.15) is 0 Å². The maximum atomic E-state index is 2.56. The van der Waals surface area contributed by atoms with Gasteiger partial charge in [-0.25, -0.2) is 0 Å². The van der Waals surface area contributed by atoms with Gasteiger partial charge in [0.05, 0.1) is 33.4 Å². The molecular formula is C56H30N2. The Morgan fingerprint density at radius 2 is 0.517 bits per heavy atom. The number of fused-ring (bicyclic) bond motifs is 14. The van der Waals surface area contributed by atoms with E-state index in [1.54, 1.807) is 0 Å². The summed E-state index contributed by atoms with van der Waals surface area (Å²) < 4.78 is 5.12. The molecule has 2 aliphatic carbocycles. The molecule has 58 heavy (non-hydrogen) atoms. The summed E-state index contributed by atoms with van der Waals surface area (Å²) in [5, 5.41) is 15.7. The van der Waals surface area contributed by atoms with Gasteiger partial charge in [-0.3, -0.25) is 0 Å². The first-order valence-electron chi connectivity index (χ1n) is 20.3. The Morgan fingerprint density at radius 1 is 0.207 bits per heavy atom. The van der Waals surface area contributed by atoms with Gasteiger partial charge in [0.25, 0.3) is 0 Å². The van der Waals surface area contributed by atoms with Crippen LogP contribution in [-0.2, 0) is 0 Å². The zero-order chi connectivity index (χ0) is 37.4. The molecule has 2 aliphatic rings. The van der Waals surface area contributed by atoms with Gasteiger partial charge in [0.1, 0.15) is 0 Å². The Balaban J connectivity index is 1.25. The van der Waals surface area contributed by atoms with Crippen molar-refractivity contribution < 1.29 is 0 Å². The number of para-hydroxylation sites is 4. The predicted octanol–water partition coefficient (Wildman–Crippen LogP) is 15.2. The van der Waals surface area contributed by atoms with Gasteiger partial charge in [-0.05, 0) is 102 Å². The van der Waals surface area contributed by atoms with Crippen molar-refractivity contribution in [1.82, 2.24) is 9.13 Å². The summed E-state index contributed by atoms with van der Waals surface area (Å²) in [7, 11) is 0. The Labute approximate surface area is 332 Å². The van der Waals surface area contributed by atoms with E-state index in [1.807, 2.05) is 0 Å². The van der Waals surface area contributed by atoms with E-state index in [0.29, 0.717) is 0 Å². The number of aromatic nitrogens is 2. The van der Waals surface area contributed by atoms with Gasteiger partial charge in [0.15, 0.2) is 0 Å². The van der Waals surface area contributed by atoms with Crippen LogP contribution in [0.1, 0.15) is 0 Å². The maximum Gasteiger partial charge on any atom is 0.0553 e. The fourth-order valence-corrected chi connectivity index (χ4v) is 11.6. The minimum absolute atomic E-state index is 1.23. The van der Waals surface area contributed by atoms with Crippen molar-refractivity contribution in [2.24, 2.45) is 0 Å². The molecule has 15 rings (SSSR count). The van der Waals surface area contributed by atoms with Gasteiger partial charge in [0, 0.05) is 43.1 Å². The third-order valence-electron chi connectivity index (χ3n) is 13.7. The van der Waals surface area contributed by atoms with E-state index in [4.69, 9.17) is 0 Å². The van der Waals surface area contributed by atoms with Gasteiger partial charge in [0.2, 0.25) is 0 Å². The van der Waals surface area contributed by atoms with Gasteiger partial charge in [-0.15, -0.1) is 0 Å². The Hall–Kier alpha value is -7.68. The van der Waals surface area contributed by atoms with Crippen LogP contribution < -0.4 is 0 Å². The topological polar surface area (TPSA) is 9.86 Å². The molecule has 2 nitrogen and oxygen atoms in total. The van der Waals surface area contributed by atoms with E-state index >= 15 is 0 Å². The second-order valence-corrected chi connectivity index (χ2v) is 16.3. The second kappa shape index (κ2) is 10.2. The molecule has 2 aromatic heterocycles. The van der Waals surface area contributed by atoms with Crippen LogP contribution in [-0.4, -0.2) is 9.13 Å². The number of hydrogen-bond acceptors (Lipinski definition) is 0. The van der Waals surface area contributed by atoms with Crippen LogP contribution in [0.2, 0.25) is 0 Å². The van der Waals surface area contributed by atoms with Crippen LogP contribution in [0.15, 0.2) is 182 Å². The predicted molar refractivity (Wildman–Crippen MR) is 245 cm³/mol. The molecule has 0 amide bonds. The van der Waals surface area contributed by atoms with Gasteiger partial charge < -0.3 is 9.13 Å². The summed E-state index contributed by atoms with van der Waals surface area (Å²) in [6.07, 6.45) is 0. The highest BCUT2D eigenvalue weighted by Crippen LogP contribution is 2.58. The van der Waals surface area contributed by atoms with Crippen LogP contribution in [0.5, 0.6) is 0 Å². The fraction of sp³-hybridized carbons (Fsp3) is 0. The lowest BCUT2D eigenvalue weighted by atomic mass is 9.84. The maximum absolute atomic E-state index is 2.56. The zero-order valence-electron chi connectivity index (χ0n) is 31.2. The largest absolute Gasteiger partial charge is 0.309 e. The molecule has 0 saturated carbocycles. The molecule has 13 aromatic rings. The summed E-state index contributed by atoms with van der Waals surface area (Å²) in [6, 6.07) is 68.6. The van der Waals surface area contributed by atoms with Gasteiger partial charge >= 0.3 is 0 Å². The molecule has 0 spiro atoms.